The van der Waals surface area contributed by atoms with Crippen LogP contribution in [0, 0.1) is 15.9 Å². The average molecular weight is 272 g/mol. The monoisotopic (exact) mass is 271 g/mol. The molecule has 0 heterocycles. The third-order valence-corrected chi connectivity index (χ3v) is 2.05. The van der Waals surface area contributed by atoms with Crippen molar-refractivity contribution in [1.29, 1.82) is 0 Å². The van der Waals surface area contributed by atoms with Gasteiger partial charge in [0.25, 0.3) is 11.5 Å². The van der Waals surface area contributed by atoms with Gasteiger partial charge in [-0.15, -0.1) is 0 Å². The zero-order chi connectivity index (χ0) is 13.4. The number of hydrogen-bond donors (Lipinski definition) is 0. The maximum atomic E-state index is 13.2. The largest absolute Gasteiger partial charge is 0.455 e. The standard InChI is InChI=1S/C8H2ClF4NO3/c9-3-1-2-4(14(16)17)5(6(3)10)7(15)8(11,12)13/h1-2H. The van der Waals surface area contributed by atoms with Crippen LogP contribution in [0.4, 0.5) is 23.2 Å². The van der Waals surface area contributed by atoms with E-state index in [2.05, 4.69) is 0 Å². The Balaban J connectivity index is 3.55. The summed E-state index contributed by atoms with van der Waals surface area (Å²) >= 11 is 5.17. The minimum absolute atomic E-state index is 0.532. The van der Waals surface area contributed by atoms with Crippen LogP contribution in [0.2, 0.25) is 5.02 Å². The number of Topliss-reactive ketones (excluding diaryl/α,β-unsaturated/α-hetero) is 1. The first kappa shape index (κ1) is 13.4. The molecule has 0 N–H and O–H groups in total. The van der Waals surface area contributed by atoms with E-state index in [1.54, 1.807) is 0 Å². The van der Waals surface area contributed by atoms with Crippen LogP contribution in [0.15, 0.2) is 12.1 Å². The van der Waals surface area contributed by atoms with Crippen molar-refractivity contribution in [3.8, 4) is 0 Å². The quantitative estimate of drug-likeness (QED) is 0.359. The van der Waals surface area contributed by atoms with Gasteiger partial charge < -0.3 is 0 Å². The van der Waals surface area contributed by atoms with E-state index in [0.29, 0.717) is 12.1 Å². The second-order valence-corrected chi connectivity index (χ2v) is 3.25. The first-order chi connectivity index (χ1) is 7.66. The Labute approximate surface area is 95.9 Å². The Kier molecular flexibility index (Phi) is 3.37. The molecule has 0 atom stereocenters. The number of benzene rings is 1. The first-order valence-electron chi connectivity index (χ1n) is 3.90. The topological polar surface area (TPSA) is 60.2 Å². The van der Waals surface area contributed by atoms with Crippen LogP contribution < -0.4 is 0 Å². The fourth-order valence-electron chi connectivity index (χ4n) is 1.05. The second-order valence-electron chi connectivity index (χ2n) is 2.84. The average Bonchev–Trinajstić information content (AvgIpc) is 2.19. The van der Waals surface area contributed by atoms with E-state index in [1.165, 1.54) is 0 Å². The van der Waals surface area contributed by atoms with Crippen LogP contribution >= 0.6 is 11.6 Å². The molecule has 4 nitrogen and oxygen atoms in total. The van der Waals surface area contributed by atoms with Crippen LogP contribution in [0.1, 0.15) is 10.4 Å². The first-order valence-corrected chi connectivity index (χ1v) is 4.28. The molecule has 92 valence electrons. The van der Waals surface area contributed by atoms with E-state index in [9.17, 15) is 32.5 Å². The van der Waals surface area contributed by atoms with E-state index >= 15 is 0 Å². The molecule has 0 saturated heterocycles. The maximum absolute atomic E-state index is 13.2. The minimum atomic E-state index is -5.42. The highest BCUT2D eigenvalue weighted by molar-refractivity contribution is 6.31. The summed E-state index contributed by atoms with van der Waals surface area (Å²) in [5.41, 5.74) is -2.97. The molecule has 0 radical (unpaired) electrons. The number of nitrogens with zero attached hydrogens (tertiary/aromatic N) is 1. The molecular weight excluding hydrogens is 270 g/mol. The summed E-state index contributed by atoms with van der Waals surface area (Å²) in [6.45, 7) is 0. The van der Waals surface area contributed by atoms with Crippen molar-refractivity contribution >= 4 is 23.1 Å². The van der Waals surface area contributed by atoms with E-state index in [0.717, 1.165) is 0 Å². The number of carbonyl (C=O) groups is 1. The Morgan fingerprint density at radius 2 is 1.88 bits per heavy atom. The molecule has 1 rings (SSSR count). The summed E-state index contributed by atoms with van der Waals surface area (Å²) < 4.78 is 49.6. The number of nitro groups is 1. The molecule has 0 unspecified atom stereocenters. The molecular formula is C8H2ClF4NO3. The molecule has 0 saturated carbocycles. The summed E-state index contributed by atoms with van der Waals surface area (Å²) in [4.78, 5) is 19.9. The number of hydrogen-bond acceptors (Lipinski definition) is 3. The van der Waals surface area contributed by atoms with Gasteiger partial charge in [-0.1, -0.05) is 11.6 Å². The highest BCUT2D eigenvalue weighted by Crippen LogP contribution is 2.32. The summed E-state index contributed by atoms with van der Waals surface area (Å²) in [5.74, 6) is -4.41. The van der Waals surface area contributed by atoms with Gasteiger partial charge in [-0.3, -0.25) is 14.9 Å². The van der Waals surface area contributed by atoms with Crippen molar-refractivity contribution in [3.05, 3.63) is 38.7 Å². The molecule has 0 aliphatic rings. The molecule has 0 fully saturated rings. The van der Waals surface area contributed by atoms with Crippen molar-refractivity contribution < 1.29 is 27.3 Å². The lowest BCUT2D eigenvalue weighted by Gasteiger charge is -2.07. The van der Waals surface area contributed by atoms with Gasteiger partial charge in [-0.2, -0.15) is 13.2 Å². The van der Waals surface area contributed by atoms with Crippen molar-refractivity contribution in [2.75, 3.05) is 0 Å². The van der Waals surface area contributed by atoms with Gasteiger partial charge in [0.2, 0.25) is 0 Å². The van der Waals surface area contributed by atoms with Gasteiger partial charge in [0.15, 0.2) is 5.82 Å². The van der Waals surface area contributed by atoms with Crippen LogP contribution in [0.25, 0.3) is 0 Å². The third kappa shape index (κ3) is 2.52. The van der Waals surface area contributed by atoms with Gasteiger partial charge in [0, 0.05) is 6.07 Å². The number of alkyl halides is 3. The molecule has 0 aromatic heterocycles. The molecule has 1 aromatic carbocycles. The lowest BCUT2D eigenvalue weighted by Crippen LogP contribution is -2.25. The van der Waals surface area contributed by atoms with Crippen LogP contribution in [-0.4, -0.2) is 16.9 Å². The molecule has 0 bridgehead atoms. The molecule has 1 aromatic rings. The van der Waals surface area contributed by atoms with Gasteiger partial charge >= 0.3 is 6.18 Å². The fraction of sp³-hybridized carbons (Fsp3) is 0.125. The number of carbonyl (C=O) groups excluding carboxylic acids is 1. The SMILES string of the molecule is O=C(c1c([N+](=O)[O-])ccc(Cl)c1F)C(F)(F)F. The predicted octanol–water partition coefficient (Wildman–Crippen LogP) is 3.13. The Bertz CT molecular complexity index is 500. The summed E-state index contributed by atoms with van der Waals surface area (Å²) in [5, 5.41) is 9.59. The minimum Gasteiger partial charge on any atom is -0.284 e. The highest BCUT2D eigenvalue weighted by atomic mass is 35.5. The smallest absolute Gasteiger partial charge is 0.284 e. The number of rotatable bonds is 2. The molecule has 0 aliphatic carbocycles. The van der Waals surface area contributed by atoms with Gasteiger partial charge in [0.05, 0.1) is 9.95 Å². The normalized spacial score (nSPS) is 11.4. The zero-order valence-corrected chi connectivity index (χ0v) is 8.47. The predicted molar refractivity (Wildman–Crippen MR) is 48.4 cm³/mol. The van der Waals surface area contributed by atoms with Crippen molar-refractivity contribution in [3.63, 3.8) is 0 Å². The zero-order valence-electron chi connectivity index (χ0n) is 7.72. The molecule has 9 heteroatoms. The molecule has 17 heavy (non-hydrogen) atoms. The Hall–Kier alpha value is -1.70. The highest BCUT2D eigenvalue weighted by Gasteiger charge is 2.44. The number of halogens is 5. The van der Waals surface area contributed by atoms with Gasteiger partial charge in [-0.25, -0.2) is 4.39 Å². The lowest BCUT2D eigenvalue weighted by molar-refractivity contribution is -0.385. The lowest BCUT2D eigenvalue weighted by atomic mass is 10.1. The fourth-order valence-corrected chi connectivity index (χ4v) is 1.21. The Morgan fingerprint density at radius 3 is 2.29 bits per heavy atom. The summed E-state index contributed by atoms with van der Waals surface area (Å²) in [6, 6.07) is 1.23. The van der Waals surface area contributed by atoms with Crippen LogP contribution in [-0.2, 0) is 0 Å². The van der Waals surface area contributed by atoms with Crippen LogP contribution in [0.3, 0.4) is 0 Å². The Morgan fingerprint density at radius 1 is 1.35 bits per heavy atom. The summed E-state index contributed by atoms with van der Waals surface area (Å²) in [6.07, 6.45) is -5.42. The molecule has 0 aliphatic heterocycles. The summed E-state index contributed by atoms with van der Waals surface area (Å²) in [7, 11) is 0. The van der Waals surface area contributed by atoms with Gasteiger partial charge in [-0.05, 0) is 6.07 Å². The maximum Gasteiger partial charge on any atom is 0.455 e. The van der Waals surface area contributed by atoms with E-state index in [-0.39, 0.29) is 0 Å². The van der Waals surface area contributed by atoms with Crippen molar-refractivity contribution in [2.45, 2.75) is 6.18 Å². The van der Waals surface area contributed by atoms with Crippen molar-refractivity contribution in [2.24, 2.45) is 0 Å². The van der Waals surface area contributed by atoms with E-state index in [1.807, 2.05) is 0 Å². The second kappa shape index (κ2) is 4.28. The van der Waals surface area contributed by atoms with E-state index < -0.39 is 39.0 Å². The molecule has 0 spiro atoms. The number of ketones is 1. The van der Waals surface area contributed by atoms with Gasteiger partial charge in [0.1, 0.15) is 5.56 Å². The third-order valence-electron chi connectivity index (χ3n) is 1.75. The van der Waals surface area contributed by atoms with E-state index in [4.69, 9.17) is 11.6 Å². The number of nitro benzene ring substituents is 1. The van der Waals surface area contributed by atoms with Crippen LogP contribution in [0.5, 0.6) is 0 Å². The van der Waals surface area contributed by atoms with Crippen molar-refractivity contribution in [1.82, 2.24) is 0 Å². The molecule has 0 amide bonds.